The van der Waals surface area contributed by atoms with Gasteiger partial charge in [0.1, 0.15) is 11.9 Å². The minimum Gasteiger partial charge on any atom is -0.462 e. The lowest BCUT2D eigenvalue weighted by Crippen LogP contribution is -2.40. The van der Waals surface area contributed by atoms with Crippen LogP contribution in [0.1, 0.15) is 75.2 Å². The molecule has 198 valence electrons. The molecule has 2 aromatic carbocycles. The molecule has 3 atom stereocenters. The molecule has 0 aromatic heterocycles. The summed E-state index contributed by atoms with van der Waals surface area (Å²) >= 11 is 0. The van der Waals surface area contributed by atoms with Crippen LogP contribution in [0.15, 0.2) is 48.5 Å². The van der Waals surface area contributed by atoms with E-state index in [1.807, 2.05) is 53.4 Å². The van der Waals surface area contributed by atoms with E-state index in [0.717, 1.165) is 36.8 Å². The first-order chi connectivity index (χ1) is 17.7. The van der Waals surface area contributed by atoms with Crippen molar-refractivity contribution in [2.45, 2.75) is 65.4 Å². The third-order valence-corrected chi connectivity index (χ3v) is 8.26. The molecule has 1 amide bonds. The molecule has 2 fully saturated rings. The first kappa shape index (κ1) is 26.9. The first-order valence-electron chi connectivity index (χ1n) is 13.7. The number of hydrogen-bond donors (Lipinski definition) is 2. The summed E-state index contributed by atoms with van der Waals surface area (Å²) in [4.78, 5) is 27.8. The van der Waals surface area contributed by atoms with E-state index in [4.69, 9.17) is 15.9 Å². The standard InChI is InChI=1S/C31H41N3O3/c1-20(2)27-13-4-21(3)18-28(27)37-29(35)19-22-14-16-34(17-15-22)31(36)26-11-7-24(8-12-26)23-5-9-25(10-6-23)30(32)33/h5-12,20-22,27-28H,4,13-19H2,1-3H3,(H3,32,33). The maximum absolute atomic E-state index is 13.1. The molecular weight excluding hydrogens is 462 g/mol. The monoisotopic (exact) mass is 503 g/mol. The predicted molar refractivity (Wildman–Crippen MR) is 147 cm³/mol. The lowest BCUT2D eigenvalue weighted by atomic mass is 9.75. The lowest BCUT2D eigenvalue weighted by Gasteiger charge is -2.37. The van der Waals surface area contributed by atoms with Gasteiger partial charge in [0.15, 0.2) is 0 Å². The van der Waals surface area contributed by atoms with E-state index in [-0.39, 0.29) is 29.7 Å². The number of hydrogen-bond acceptors (Lipinski definition) is 4. The molecule has 0 radical (unpaired) electrons. The molecule has 6 nitrogen and oxygen atoms in total. The Hall–Kier alpha value is -3.15. The van der Waals surface area contributed by atoms with E-state index >= 15 is 0 Å². The zero-order chi connectivity index (χ0) is 26.5. The molecule has 4 rings (SSSR count). The molecule has 0 bridgehead atoms. The number of nitrogens with one attached hydrogen (secondary N) is 1. The molecule has 0 spiro atoms. The molecule has 2 aliphatic rings. The predicted octanol–water partition coefficient (Wildman–Crippen LogP) is 5.88. The topological polar surface area (TPSA) is 96.5 Å². The summed E-state index contributed by atoms with van der Waals surface area (Å²) in [6, 6.07) is 15.2. The van der Waals surface area contributed by atoms with Crippen LogP contribution in [0.5, 0.6) is 0 Å². The minimum atomic E-state index is -0.0681. The molecule has 1 saturated heterocycles. The summed E-state index contributed by atoms with van der Waals surface area (Å²) in [5, 5.41) is 7.52. The average molecular weight is 504 g/mol. The summed E-state index contributed by atoms with van der Waals surface area (Å²) < 4.78 is 6.01. The number of carbonyl (C=O) groups is 2. The van der Waals surface area contributed by atoms with E-state index in [2.05, 4.69) is 20.8 Å². The molecular formula is C31H41N3O3. The second-order valence-corrected chi connectivity index (χ2v) is 11.4. The highest BCUT2D eigenvalue weighted by Gasteiger charge is 2.34. The van der Waals surface area contributed by atoms with Crippen molar-refractivity contribution >= 4 is 17.7 Å². The van der Waals surface area contributed by atoms with Crippen molar-refractivity contribution in [2.75, 3.05) is 13.1 Å². The van der Waals surface area contributed by atoms with Crippen LogP contribution < -0.4 is 5.73 Å². The quantitative estimate of drug-likeness (QED) is 0.280. The smallest absolute Gasteiger partial charge is 0.306 e. The fraction of sp³-hybridized carbons (Fsp3) is 0.516. The third kappa shape index (κ3) is 6.79. The summed E-state index contributed by atoms with van der Waals surface area (Å²) in [6.07, 6.45) is 5.50. The lowest BCUT2D eigenvalue weighted by molar-refractivity contribution is -0.157. The van der Waals surface area contributed by atoms with Crippen molar-refractivity contribution < 1.29 is 14.3 Å². The maximum atomic E-state index is 13.1. The molecule has 3 N–H and O–H groups in total. The minimum absolute atomic E-state index is 0.0375. The van der Waals surface area contributed by atoms with Gasteiger partial charge in [-0.3, -0.25) is 15.0 Å². The third-order valence-electron chi connectivity index (χ3n) is 8.26. The van der Waals surface area contributed by atoms with Crippen LogP contribution in [0.25, 0.3) is 11.1 Å². The van der Waals surface area contributed by atoms with E-state index in [1.54, 1.807) is 0 Å². The number of ether oxygens (including phenoxy) is 1. The van der Waals surface area contributed by atoms with Crippen LogP contribution in [0, 0.1) is 29.1 Å². The number of amidine groups is 1. The van der Waals surface area contributed by atoms with Gasteiger partial charge in [-0.2, -0.15) is 0 Å². The molecule has 1 saturated carbocycles. The molecule has 1 aliphatic heterocycles. The van der Waals surface area contributed by atoms with Gasteiger partial charge >= 0.3 is 5.97 Å². The van der Waals surface area contributed by atoms with Crippen molar-refractivity contribution in [3.8, 4) is 11.1 Å². The van der Waals surface area contributed by atoms with Gasteiger partial charge in [0.2, 0.25) is 0 Å². The Morgan fingerprint density at radius 1 is 0.946 bits per heavy atom. The van der Waals surface area contributed by atoms with E-state index < -0.39 is 0 Å². The first-order valence-corrected chi connectivity index (χ1v) is 13.7. The van der Waals surface area contributed by atoms with Crippen molar-refractivity contribution in [3.63, 3.8) is 0 Å². The highest BCUT2D eigenvalue weighted by molar-refractivity contribution is 5.96. The summed E-state index contributed by atoms with van der Waals surface area (Å²) in [5.41, 5.74) is 8.92. The van der Waals surface area contributed by atoms with Gasteiger partial charge in [0, 0.05) is 30.6 Å². The Morgan fingerprint density at radius 2 is 1.51 bits per heavy atom. The van der Waals surface area contributed by atoms with Gasteiger partial charge < -0.3 is 15.4 Å². The van der Waals surface area contributed by atoms with Crippen LogP contribution in [0.4, 0.5) is 0 Å². The number of amides is 1. The number of nitrogens with two attached hydrogens (primary N) is 1. The number of rotatable bonds is 7. The molecule has 6 heteroatoms. The number of likely N-dealkylation sites (tertiary alicyclic amines) is 1. The van der Waals surface area contributed by atoms with Crippen LogP contribution in [0.2, 0.25) is 0 Å². The van der Waals surface area contributed by atoms with Crippen LogP contribution in [-0.2, 0) is 9.53 Å². The van der Waals surface area contributed by atoms with Gasteiger partial charge in [-0.05, 0) is 72.6 Å². The zero-order valence-electron chi connectivity index (χ0n) is 22.4. The number of nitrogens with zero attached hydrogens (tertiary/aromatic N) is 1. The van der Waals surface area contributed by atoms with Gasteiger partial charge in [0.05, 0.1) is 0 Å². The highest BCUT2D eigenvalue weighted by atomic mass is 16.5. The molecule has 37 heavy (non-hydrogen) atoms. The van der Waals surface area contributed by atoms with E-state index in [9.17, 15) is 9.59 Å². The Morgan fingerprint density at radius 3 is 2.05 bits per heavy atom. The Bertz CT molecular complexity index is 1090. The number of nitrogen functional groups attached to an aromatic ring is 1. The van der Waals surface area contributed by atoms with E-state index in [1.165, 1.54) is 6.42 Å². The second-order valence-electron chi connectivity index (χ2n) is 11.4. The van der Waals surface area contributed by atoms with Gasteiger partial charge in [-0.15, -0.1) is 0 Å². The van der Waals surface area contributed by atoms with Crippen LogP contribution in [0.3, 0.4) is 0 Å². The Balaban J connectivity index is 1.26. The molecule has 2 aromatic rings. The van der Waals surface area contributed by atoms with Crippen molar-refractivity contribution in [1.29, 1.82) is 5.41 Å². The van der Waals surface area contributed by atoms with Gasteiger partial charge in [0.25, 0.3) is 5.91 Å². The Kier molecular flexibility index (Phi) is 8.67. The van der Waals surface area contributed by atoms with Crippen LogP contribution in [-0.4, -0.2) is 41.8 Å². The van der Waals surface area contributed by atoms with Crippen LogP contribution >= 0.6 is 0 Å². The SMILES string of the molecule is CC1CCC(C(C)C)C(OC(=O)CC2CCN(C(=O)c3ccc(-c4ccc(C(=N)N)cc4)cc3)CC2)C1. The largest absolute Gasteiger partial charge is 0.462 e. The molecule has 1 aliphatic carbocycles. The summed E-state index contributed by atoms with van der Waals surface area (Å²) in [5.74, 6) is 1.90. The van der Waals surface area contributed by atoms with Crippen molar-refractivity contribution in [3.05, 3.63) is 59.7 Å². The molecule has 3 unspecified atom stereocenters. The number of piperidine rings is 1. The maximum Gasteiger partial charge on any atom is 0.306 e. The van der Waals surface area contributed by atoms with Crippen molar-refractivity contribution in [1.82, 2.24) is 4.90 Å². The number of esters is 1. The fourth-order valence-electron chi connectivity index (χ4n) is 5.87. The van der Waals surface area contributed by atoms with Crippen molar-refractivity contribution in [2.24, 2.45) is 29.4 Å². The summed E-state index contributed by atoms with van der Waals surface area (Å²) in [6.45, 7) is 8.05. The fourth-order valence-corrected chi connectivity index (χ4v) is 5.87. The summed E-state index contributed by atoms with van der Waals surface area (Å²) in [7, 11) is 0. The second kappa shape index (κ2) is 11.9. The zero-order valence-corrected chi connectivity index (χ0v) is 22.4. The van der Waals surface area contributed by atoms with Gasteiger partial charge in [-0.1, -0.05) is 63.6 Å². The number of benzene rings is 2. The highest BCUT2D eigenvalue weighted by Crippen LogP contribution is 2.36. The Labute approximate surface area is 221 Å². The normalized spacial score (nSPS) is 22.6. The number of carbonyl (C=O) groups excluding carboxylic acids is 2. The molecule has 1 heterocycles. The van der Waals surface area contributed by atoms with Gasteiger partial charge in [-0.25, -0.2) is 0 Å². The average Bonchev–Trinajstić information content (AvgIpc) is 2.88. The van der Waals surface area contributed by atoms with E-state index in [0.29, 0.717) is 48.4 Å².